The molecule has 0 radical (unpaired) electrons. The lowest BCUT2D eigenvalue weighted by Gasteiger charge is -2.42. The van der Waals surface area contributed by atoms with Crippen LogP contribution in [0.1, 0.15) is 30.6 Å². The van der Waals surface area contributed by atoms with Gasteiger partial charge < -0.3 is 15.4 Å². The first-order valence-corrected chi connectivity index (χ1v) is 7.93. The minimum Gasteiger partial charge on any atom is -0.484 e. The minimum atomic E-state index is -4.56. The molecule has 1 fully saturated rings. The number of ether oxygens (including phenoxy) is 1. The first-order valence-electron chi connectivity index (χ1n) is 7.93. The number of alkyl halides is 3. The van der Waals surface area contributed by atoms with Gasteiger partial charge in [0.15, 0.2) is 6.61 Å². The third-order valence-corrected chi connectivity index (χ3v) is 4.40. The van der Waals surface area contributed by atoms with Crippen molar-refractivity contribution in [2.24, 2.45) is 11.1 Å². The maximum absolute atomic E-state index is 12.8. The number of carbonyl (C=O) groups excluding carboxylic acids is 1. The van der Waals surface area contributed by atoms with Crippen molar-refractivity contribution in [2.75, 3.05) is 19.7 Å². The van der Waals surface area contributed by atoms with Gasteiger partial charge in [-0.2, -0.15) is 13.2 Å². The lowest BCUT2D eigenvalue weighted by molar-refractivity contribution is -0.385. The second-order valence-corrected chi connectivity index (χ2v) is 6.95. The zero-order valence-corrected chi connectivity index (χ0v) is 14.4. The normalized spacial score (nSPS) is 19.9. The molecule has 0 saturated carbocycles. The van der Waals surface area contributed by atoms with Crippen LogP contribution in [0.5, 0.6) is 5.75 Å². The van der Waals surface area contributed by atoms with Crippen molar-refractivity contribution < 1.29 is 27.6 Å². The van der Waals surface area contributed by atoms with Gasteiger partial charge in [-0.15, -0.1) is 0 Å². The molecule has 26 heavy (non-hydrogen) atoms. The average molecular weight is 375 g/mol. The fourth-order valence-electron chi connectivity index (χ4n) is 2.82. The number of likely N-dealkylation sites (tertiary alicyclic amines) is 1. The van der Waals surface area contributed by atoms with Crippen LogP contribution in [0.15, 0.2) is 18.2 Å². The van der Waals surface area contributed by atoms with Gasteiger partial charge in [-0.3, -0.25) is 14.9 Å². The Bertz CT molecular complexity index is 706. The maximum Gasteiger partial charge on any atom is 0.422 e. The number of hydrogen-bond donors (Lipinski definition) is 1. The Balaban J connectivity index is 2.30. The van der Waals surface area contributed by atoms with E-state index in [2.05, 4.69) is 4.74 Å². The highest BCUT2D eigenvalue weighted by molar-refractivity contribution is 5.98. The van der Waals surface area contributed by atoms with E-state index < -0.39 is 29.3 Å². The standard InChI is InChI=1S/C16H20F3N3O4/c1-15(2)8-21(6-5-13(15)20)14(23)11-7-10(26-9-16(17,18)19)3-4-12(11)22(24)25/h3-4,7,13H,5-6,8-9,20H2,1-2H3. The van der Waals surface area contributed by atoms with Crippen LogP contribution in [0, 0.1) is 15.5 Å². The fraction of sp³-hybridized carbons (Fsp3) is 0.562. The molecule has 1 saturated heterocycles. The number of carbonyl (C=O) groups is 1. The summed E-state index contributed by atoms with van der Waals surface area (Å²) in [6.45, 7) is 2.82. The molecule has 0 bridgehead atoms. The van der Waals surface area contributed by atoms with Crippen molar-refractivity contribution in [3.05, 3.63) is 33.9 Å². The van der Waals surface area contributed by atoms with Crippen molar-refractivity contribution in [1.82, 2.24) is 4.90 Å². The number of nitro benzene ring substituents is 1. The summed E-state index contributed by atoms with van der Waals surface area (Å²) in [5.41, 5.74) is 4.85. The first kappa shape index (κ1) is 20.0. The van der Waals surface area contributed by atoms with Crippen LogP contribution >= 0.6 is 0 Å². The van der Waals surface area contributed by atoms with Crippen LogP contribution in [0.2, 0.25) is 0 Å². The molecule has 144 valence electrons. The molecule has 1 aromatic rings. The predicted octanol–water partition coefficient (Wildman–Crippen LogP) is 2.74. The molecule has 1 unspecified atom stereocenters. The second-order valence-electron chi connectivity index (χ2n) is 6.95. The van der Waals surface area contributed by atoms with E-state index in [0.717, 1.165) is 18.2 Å². The van der Waals surface area contributed by atoms with Gasteiger partial charge in [0.05, 0.1) is 4.92 Å². The molecular formula is C16H20F3N3O4. The zero-order chi connectivity index (χ0) is 19.7. The van der Waals surface area contributed by atoms with E-state index in [9.17, 15) is 28.1 Å². The van der Waals surface area contributed by atoms with Crippen LogP contribution in [0.4, 0.5) is 18.9 Å². The summed E-state index contributed by atoms with van der Waals surface area (Å²) in [5, 5.41) is 11.2. The molecule has 1 aliphatic rings. The lowest BCUT2D eigenvalue weighted by Crippen LogP contribution is -2.54. The monoisotopic (exact) mass is 375 g/mol. The Hall–Kier alpha value is -2.36. The van der Waals surface area contributed by atoms with Gasteiger partial charge in [-0.05, 0) is 24.0 Å². The van der Waals surface area contributed by atoms with E-state index in [-0.39, 0.29) is 29.3 Å². The first-order chi connectivity index (χ1) is 11.9. The van der Waals surface area contributed by atoms with Crippen LogP contribution < -0.4 is 10.5 Å². The molecule has 1 aromatic carbocycles. The highest BCUT2D eigenvalue weighted by atomic mass is 19.4. The van der Waals surface area contributed by atoms with E-state index in [1.165, 1.54) is 4.90 Å². The summed E-state index contributed by atoms with van der Waals surface area (Å²) in [4.78, 5) is 24.7. The second kappa shape index (κ2) is 7.10. The molecular weight excluding hydrogens is 355 g/mol. The van der Waals surface area contributed by atoms with Gasteiger partial charge in [0.1, 0.15) is 11.3 Å². The van der Waals surface area contributed by atoms with Gasteiger partial charge in [0, 0.05) is 25.2 Å². The molecule has 1 aliphatic heterocycles. The largest absolute Gasteiger partial charge is 0.484 e. The Morgan fingerprint density at radius 1 is 1.46 bits per heavy atom. The molecule has 0 aromatic heterocycles. The number of halogens is 3. The van der Waals surface area contributed by atoms with Gasteiger partial charge >= 0.3 is 6.18 Å². The number of rotatable bonds is 4. The van der Waals surface area contributed by atoms with Crippen molar-refractivity contribution in [3.63, 3.8) is 0 Å². The van der Waals surface area contributed by atoms with Gasteiger partial charge in [0.2, 0.25) is 0 Å². The van der Waals surface area contributed by atoms with Crippen LogP contribution in [0.25, 0.3) is 0 Å². The summed E-state index contributed by atoms with van der Waals surface area (Å²) >= 11 is 0. The number of nitro groups is 1. The van der Waals surface area contributed by atoms with Crippen molar-refractivity contribution in [3.8, 4) is 5.75 Å². The van der Waals surface area contributed by atoms with Crippen molar-refractivity contribution in [1.29, 1.82) is 0 Å². The molecule has 7 nitrogen and oxygen atoms in total. The molecule has 2 rings (SSSR count). The van der Waals surface area contributed by atoms with Crippen LogP contribution in [-0.4, -0.2) is 47.6 Å². The lowest BCUT2D eigenvalue weighted by atomic mass is 9.79. The number of piperidine rings is 1. The van der Waals surface area contributed by atoms with Crippen molar-refractivity contribution >= 4 is 11.6 Å². The topological polar surface area (TPSA) is 98.7 Å². The number of nitrogens with two attached hydrogens (primary N) is 1. The maximum atomic E-state index is 12.8. The number of nitrogens with zero attached hydrogens (tertiary/aromatic N) is 2. The Morgan fingerprint density at radius 3 is 2.65 bits per heavy atom. The van der Waals surface area contributed by atoms with Gasteiger partial charge in [0.25, 0.3) is 11.6 Å². The molecule has 1 amide bonds. The fourth-order valence-corrected chi connectivity index (χ4v) is 2.82. The highest BCUT2D eigenvalue weighted by Gasteiger charge is 2.37. The Morgan fingerprint density at radius 2 is 2.12 bits per heavy atom. The van der Waals surface area contributed by atoms with Crippen LogP contribution in [-0.2, 0) is 0 Å². The summed E-state index contributed by atoms with van der Waals surface area (Å²) in [6.07, 6.45) is -4.03. The highest BCUT2D eigenvalue weighted by Crippen LogP contribution is 2.31. The van der Waals surface area contributed by atoms with Crippen molar-refractivity contribution in [2.45, 2.75) is 32.5 Å². The van der Waals surface area contributed by atoms with Crippen LogP contribution in [0.3, 0.4) is 0 Å². The zero-order valence-electron chi connectivity index (χ0n) is 14.4. The van der Waals surface area contributed by atoms with Gasteiger partial charge in [-0.25, -0.2) is 0 Å². The summed E-state index contributed by atoms with van der Waals surface area (Å²) in [6, 6.07) is 2.87. The quantitative estimate of drug-likeness (QED) is 0.644. The predicted molar refractivity (Wildman–Crippen MR) is 86.9 cm³/mol. The number of amides is 1. The molecule has 0 aliphatic carbocycles. The van der Waals surface area contributed by atoms with E-state index in [4.69, 9.17) is 5.73 Å². The minimum absolute atomic E-state index is 0.122. The molecule has 1 heterocycles. The molecule has 2 N–H and O–H groups in total. The summed E-state index contributed by atoms with van der Waals surface area (Å²) in [7, 11) is 0. The average Bonchev–Trinajstić information content (AvgIpc) is 2.53. The molecule has 1 atom stereocenters. The smallest absolute Gasteiger partial charge is 0.422 e. The van der Waals surface area contributed by atoms with E-state index >= 15 is 0 Å². The SMILES string of the molecule is CC1(C)CN(C(=O)c2cc(OCC(F)(F)F)ccc2[N+](=O)[O-])CCC1N. The number of hydrogen-bond acceptors (Lipinski definition) is 5. The summed E-state index contributed by atoms with van der Waals surface area (Å²) in [5.74, 6) is -0.890. The molecule has 0 spiro atoms. The van der Waals surface area contributed by atoms with E-state index in [1.807, 2.05) is 13.8 Å². The van der Waals surface area contributed by atoms with Gasteiger partial charge in [-0.1, -0.05) is 13.8 Å². The number of benzene rings is 1. The third kappa shape index (κ3) is 4.63. The van der Waals surface area contributed by atoms with E-state index in [1.54, 1.807) is 0 Å². The third-order valence-electron chi connectivity index (χ3n) is 4.40. The van der Waals surface area contributed by atoms with E-state index in [0.29, 0.717) is 13.0 Å². The summed E-state index contributed by atoms with van der Waals surface area (Å²) < 4.78 is 41.5. The Labute approximate surface area is 148 Å². The Kier molecular flexibility index (Phi) is 5.45. The molecule has 10 heteroatoms.